The summed E-state index contributed by atoms with van der Waals surface area (Å²) < 4.78 is 5.26. The van der Waals surface area contributed by atoms with Crippen LogP contribution >= 0.6 is 0 Å². The Bertz CT molecular complexity index is 519. The number of carbonyl (C=O) groups is 1. The van der Waals surface area contributed by atoms with Crippen LogP contribution < -0.4 is 0 Å². The minimum Gasteiger partial charge on any atom is -0.508 e. The molecule has 28 heavy (non-hydrogen) atoms. The Morgan fingerprint density at radius 2 is 1.29 bits per heavy atom. The molecule has 0 spiro atoms. The second-order valence-electron chi connectivity index (χ2n) is 7.62. The van der Waals surface area contributed by atoms with E-state index in [2.05, 4.69) is 19.1 Å². The van der Waals surface area contributed by atoms with Gasteiger partial charge in [-0.3, -0.25) is 0 Å². The van der Waals surface area contributed by atoms with Gasteiger partial charge in [-0.15, -0.1) is 0 Å². The lowest BCUT2D eigenvalue weighted by molar-refractivity contribution is 0.0497. The molecule has 0 saturated heterocycles. The van der Waals surface area contributed by atoms with Crippen molar-refractivity contribution < 1.29 is 14.6 Å². The minimum absolute atomic E-state index is 0.157. The SMILES string of the molecule is CCCCCCCCC=CCCCCCCCCOC(=O)c1ccc(O)cc1. The summed E-state index contributed by atoms with van der Waals surface area (Å²) >= 11 is 0. The first-order valence-electron chi connectivity index (χ1n) is 11.3. The van der Waals surface area contributed by atoms with Crippen LogP contribution in [0.25, 0.3) is 0 Å². The van der Waals surface area contributed by atoms with Gasteiger partial charge in [-0.25, -0.2) is 4.79 Å². The van der Waals surface area contributed by atoms with Crippen molar-refractivity contribution in [2.24, 2.45) is 0 Å². The number of benzene rings is 1. The molecular weight excluding hydrogens is 348 g/mol. The Morgan fingerprint density at radius 1 is 0.786 bits per heavy atom. The lowest BCUT2D eigenvalue weighted by atomic mass is 10.1. The van der Waals surface area contributed by atoms with Crippen molar-refractivity contribution in [2.45, 2.75) is 96.8 Å². The van der Waals surface area contributed by atoms with E-state index in [1.165, 1.54) is 89.2 Å². The quantitative estimate of drug-likeness (QED) is 0.170. The van der Waals surface area contributed by atoms with Crippen LogP contribution in [-0.4, -0.2) is 17.7 Å². The van der Waals surface area contributed by atoms with E-state index in [0.29, 0.717) is 12.2 Å². The number of allylic oxidation sites excluding steroid dienone is 2. The van der Waals surface area contributed by atoms with Crippen molar-refractivity contribution in [3.63, 3.8) is 0 Å². The van der Waals surface area contributed by atoms with Crippen molar-refractivity contribution in [1.29, 1.82) is 0 Å². The average molecular weight is 389 g/mol. The molecule has 0 saturated carbocycles. The molecular formula is C25H40O3. The third-order valence-electron chi connectivity index (χ3n) is 4.99. The summed E-state index contributed by atoms with van der Waals surface area (Å²) in [5.41, 5.74) is 0.488. The van der Waals surface area contributed by atoms with Crippen molar-refractivity contribution in [1.82, 2.24) is 0 Å². The van der Waals surface area contributed by atoms with Gasteiger partial charge >= 0.3 is 5.97 Å². The van der Waals surface area contributed by atoms with E-state index in [1.54, 1.807) is 12.1 Å². The summed E-state index contributed by atoms with van der Waals surface area (Å²) in [4.78, 5) is 11.8. The fourth-order valence-corrected chi connectivity index (χ4v) is 3.20. The van der Waals surface area contributed by atoms with Gasteiger partial charge < -0.3 is 9.84 Å². The predicted octanol–water partition coefficient (Wildman–Crippen LogP) is 7.59. The lowest BCUT2D eigenvalue weighted by Gasteiger charge is -2.05. The van der Waals surface area contributed by atoms with E-state index in [-0.39, 0.29) is 11.7 Å². The zero-order chi connectivity index (χ0) is 20.3. The number of rotatable bonds is 17. The lowest BCUT2D eigenvalue weighted by Crippen LogP contribution is -2.06. The molecule has 0 aromatic heterocycles. The van der Waals surface area contributed by atoms with Gasteiger partial charge in [0, 0.05) is 0 Å². The van der Waals surface area contributed by atoms with E-state index in [9.17, 15) is 9.90 Å². The summed E-state index contributed by atoms with van der Waals surface area (Å²) in [6, 6.07) is 6.17. The van der Waals surface area contributed by atoms with Gasteiger partial charge in [-0.2, -0.15) is 0 Å². The van der Waals surface area contributed by atoms with Gasteiger partial charge in [0.1, 0.15) is 5.75 Å². The zero-order valence-electron chi connectivity index (χ0n) is 17.8. The van der Waals surface area contributed by atoms with Gasteiger partial charge in [-0.1, -0.05) is 76.9 Å². The number of carbonyl (C=O) groups excluding carboxylic acids is 1. The summed E-state index contributed by atoms with van der Waals surface area (Å²) in [6.07, 6.45) is 22.5. The van der Waals surface area contributed by atoms with Crippen LogP contribution in [0.5, 0.6) is 5.75 Å². The smallest absolute Gasteiger partial charge is 0.338 e. The molecule has 0 aliphatic carbocycles. The van der Waals surface area contributed by atoms with Gasteiger partial charge in [0.15, 0.2) is 0 Å². The third-order valence-corrected chi connectivity index (χ3v) is 4.99. The number of phenolic OH excluding ortho intramolecular Hbond substituents is 1. The molecule has 0 heterocycles. The molecule has 1 aromatic carbocycles. The zero-order valence-corrected chi connectivity index (χ0v) is 17.8. The molecule has 1 rings (SSSR count). The van der Waals surface area contributed by atoms with Crippen molar-refractivity contribution in [3.8, 4) is 5.75 Å². The predicted molar refractivity (Wildman–Crippen MR) is 118 cm³/mol. The fraction of sp³-hybridized carbons (Fsp3) is 0.640. The summed E-state index contributed by atoms with van der Waals surface area (Å²) in [7, 11) is 0. The summed E-state index contributed by atoms with van der Waals surface area (Å²) in [5.74, 6) is -0.155. The van der Waals surface area contributed by atoms with E-state index < -0.39 is 0 Å². The Hall–Kier alpha value is -1.77. The fourth-order valence-electron chi connectivity index (χ4n) is 3.20. The third kappa shape index (κ3) is 13.4. The topological polar surface area (TPSA) is 46.5 Å². The normalized spacial score (nSPS) is 11.2. The summed E-state index contributed by atoms with van der Waals surface area (Å²) in [5, 5.41) is 9.21. The van der Waals surface area contributed by atoms with E-state index in [1.807, 2.05) is 0 Å². The molecule has 0 atom stereocenters. The maximum atomic E-state index is 11.8. The highest BCUT2D eigenvalue weighted by molar-refractivity contribution is 5.89. The molecule has 3 nitrogen and oxygen atoms in total. The van der Waals surface area contributed by atoms with Gasteiger partial charge in [-0.05, 0) is 56.4 Å². The highest BCUT2D eigenvalue weighted by Gasteiger charge is 2.06. The van der Waals surface area contributed by atoms with Gasteiger partial charge in [0.05, 0.1) is 12.2 Å². The molecule has 1 N–H and O–H groups in total. The molecule has 0 fully saturated rings. The Labute approximate surface area is 172 Å². The minimum atomic E-state index is -0.312. The molecule has 3 heteroatoms. The van der Waals surface area contributed by atoms with Crippen molar-refractivity contribution >= 4 is 5.97 Å². The highest BCUT2D eigenvalue weighted by Crippen LogP contribution is 2.12. The molecule has 158 valence electrons. The van der Waals surface area contributed by atoms with Crippen molar-refractivity contribution in [3.05, 3.63) is 42.0 Å². The second-order valence-corrected chi connectivity index (χ2v) is 7.62. The molecule has 0 unspecified atom stereocenters. The van der Waals surface area contributed by atoms with Crippen LogP contribution in [0.3, 0.4) is 0 Å². The van der Waals surface area contributed by atoms with Crippen LogP contribution in [0.4, 0.5) is 0 Å². The Morgan fingerprint density at radius 3 is 1.86 bits per heavy atom. The van der Waals surface area contributed by atoms with Crippen molar-refractivity contribution in [2.75, 3.05) is 6.61 Å². The van der Waals surface area contributed by atoms with Crippen LogP contribution in [0.2, 0.25) is 0 Å². The number of hydrogen-bond acceptors (Lipinski definition) is 3. The first kappa shape index (κ1) is 24.3. The maximum Gasteiger partial charge on any atom is 0.338 e. The molecule has 0 amide bonds. The molecule has 0 aliphatic rings. The maximum absolute atomic E-state index is 11.8. The van der Waals surface area contributed by atoms with Gasteiger partial charge in [0.2, 0.25) is 0 Å². The van der Waals surface area contributed by atoms with Crippen LogP contribution in [0, 0.1) is 0 Å². The number of aromatic hydroxyl groups is 1. The number of hydrogen-bond donors (Lipinski definition) is 1. The monoisotopic (exact) mass is 388 g/mol. The van der Waals surface area contributed by atoms with E-state index >= 15 is 0 Å². The number of esters is 1. The highest BCUT2D eigenvalue weighted by atomic mass is 16.5. The number of ether oxygens (including phenoxy) is 1. The van der Waals surface area contributed by atoms with Crippen LogP contribution in [-0.2, 0) is 4.74 Å². The molecule has 0 bridgehead atoms. The molecule has 1 aromatic rings. The molecule has 0 radical (unpaired) electrons. The van der Waals surface area contributed by atoms with Crippen LogP contribution in [0.15, 0.2) is 36.4 Å². The largest absolute Gasteiger partial charge is 0.508 e. The average Bonchev–Trinajstić information content (AvgIpc) is 2.70. The standard InChI is InChI=1S/C25H40O3/c1-2-3-4-5-6-7-8-9-10-11-12-13-14-15-16-17-22-28-25(27)23-18-20-24(26)21-19-23/h9-10,18-21,26H,2-8,11-17,22H2,1H3. The first-order chi connectivity index (χ1) is 13.7. The Balaban J connectivity index is 1.83. The number of phenols is 1. The second kappa shape index (κ2) is 17.3. The Kier molecular flexibility index (Phi) is 15.0. The van der Waals surface area contributed by atoms with E-state index in [4.69, 9.17) is 4.74 Å². The van der Waals surface area contributed by atoms with Crippen LogP contribution in [0.1, 0.15) is 107 Å². The summed E-state index contributed by atoms with van der Waals surface area (Å²) in [6.45, 7) is 2.74. The molecule has 0 aliphatic heterocycles. The van der Waals surface area contributed by atoms with E-state index in [0.717, 1.165) is 12.8 Å². The number of unbranched alkanes of at least 4 members (excludes halogenated alkanes) is 12. The first-order valence-corrected chi connectivity index (χ1v) is 11.3. The van der Waals surface area contributed by atoms with Gasteiger partial charge in [0.25, 0.3) is 0 Å².